The Labute approximate surface area is 110 Å². The van der Waals surface area contributed by atoms with Crippen molar-refractivity contribution >= 4 is 5.97 Å². The molecule has 0 radical (unpaired) electrons. The highest BCUT2D eigenvalue weighted by atomic mass is 16.5. The second-order valence-electron chi connectivity index (χ2n) is 3.90. The molecule has 1 aromatic heterocycles. The molecule has 2 aromatic rings. The van der Waals surface area contributed by atoms with Crippen molar-refractivity contribution < 1.29 is 19.4 Å². The minimum absolute atomic E-state index is 0.129. The molecule has 0 bridgehead atoms. The predicted octanol–water partition coefficient (Wildman–Crippen LogP) is 1.72. The average Bonchev–Trinajstić information content (AvgIpc) is 2.85. The summed E-state index contributed by atoms with van der Waals surface area (Å²) in [5.41, 5.74) is 1.96. The third-order valence-electron chi connectivity index (χ3n) is 2.74. The molecule has 2 N–H and O–H groups in total. The topological polar surface area (TPSA) is 84.4 Å². The van der Waals surface area contributed by atoms with E-state index in [0.29, 0.717) is 22.8 Å². The first kappa shape index (κ1) is 12.9. The Morgan fingerprint density at radius 3 is 2.74 bits per heavy atom. The lowest BCUT2D eigenvalue weighted by atomic mass is 10.0. The fourth-order valence-electron chi connectivity index (χ4n) is 1.86. The van der Waals surface area contributed by atoms with Gasteiger partial charge in [0, 0.05) is 11.1 Å². The van der Waals surface area contributed by atoms with E-state index in [1.165, 1.54) is 0 Å². The molecule has 2 rings (SSSR count). The van der Waals surface area contributed by atoms with Crippen LogP contribution in [-0.4, -0.2) is 35.5 Å². The maximum atomic E-state index is 10.8. The number of benzene rings is 1. The number of hydrogen-bond donors (Lipinski definition) is 2. The molecule has 0 atom stereocenters. The van der Waals surface area contributed by atoms with Crippen molar-refractivity contribution in [3.05, 3.63) is 30.1 Å². The van der Waals surface area contributed by atoms with Gasteiger partial charge in [0.2, 0.25) is 0 Å². The Morgan fingerprint density at radius 1 is 1.32 bits per heavy atom. The number of methoxy groups -OCH3 is 2. The summed E-state index contributed by atoms with van der Waals surface area (Å²) in [5, 5.41) is 15.5. The van der Waals surface area contributed by atoms with Gasteiger partial charge in [-0.25, -0.2) is 0 Å². The molecule has 0 fully saturated rings. The fraction of sp³-hybridized carbons (Fsp3) is 0.231. The number of nitrogens with zero attached hydrogens (tertiary/aromatic N) is 1. The van der Waals surface area contributed by atoms with Gasteiger partial charge in [-0.1, -0.05) is 0 Å². The van der Waals surface area contributed by atoms with Crippen LogP contribution in [0.15, 0.2) is 24.4 Å². The highest BCUT2D eigenvalue weighted by molar-refractivity contribution is 5.78. The fourth-order valence-corrected chi connectivity index (χ4v) is 1.86. The largest absolute Gasteiger partial charge is 0.497 e. The normalized spacial score (nSPS) is 10.2. The number of ether oxygens (including phenoxy) is 2. The Morgan fingerprint density at radius 2 is 2.11 bits per heavy atom. The lowest BCUT2D eigenvalue weighted by Crippen LogP contribution is -2.02. The van der Waals surface area contributed by atoms with E-state index in [0.717, 1.165) is 5.56 Å². The third kappa shape index (κ3) is 2.67. The molecular weight excluding hydrogens is 248 g/mol. The molecule has 6 nitrogen and oxygen atoms in total. The first-order chi connectivity index (χ1) is 9.15. The summed E-state index contributed by atoms with van der Waals surface area (Å²) in [6.07, 6.45) is 1.45. The Balaban J connectivity index is 2.51. The smallest absolute Gasteiger partial charge is 0.309 e. The van der Waals surface area contributed by atoms with E-state index in [9.17, 15) is 4.79 Å². The predicted molar refractivity (Wildman–Crippen MR) is 68.5 cm³/mol. The zero-order chi connectivity index (χ0) is 13.8. The van der Waals surface area contributed by atoms with Gasteiger partial charge in [-0.3, -0.25) is 9.89 Å². The summed E-state index contributed by atoms with van der Waals surface area (Å²) in [6.45, 7) is 0. The molecule has 0 aliphatic heterocycles. The Bertz CT molecular complexity index is 592. The number of hydrogen-bond acceptors (Lipinski definition) is 4. The number of carboxylic acids is 1. The summed E-state index contributed by atoms with van der Waals surface area (Å²) < 4.78 is 10.5. The van der Waals surface area contributed by atoms with Crippen LogP contribution in [0.1, 0.15) is 5.69 Å². The zero-order valence-corrected chi connectivity index (χ0v) is 10.6. The van der Waals surface area contributed by atoms with Crippen LogP contribution < -0.4 is 9.47 Å². The van der Waals surface area contributed by atoms with Gasteiger partial charge in [-0.2, -0.15) is 5.10 Å². The van der Waals surface area contributed by atoms with Gasteiger partial charge < -0.3 is 14.6 Å². The SMILES string of the molecule is COc1ccc(OC)c(-c2cn[nH]c2CC(=O)O)c1. The molecule has 1 aromatic carbocycles. The molecule has 0 aliphatic rings. The Hall–Kier alpha value is -2.50. The van der Waals surface area contributed by atoms with Crippen molar-refractivity contribution in [2.75, 3.05) is 14.2 Å². The molecule has 0 saturated heterocycles. The van der Waals surface area contributed by atoms with Gasteiger partial charge in [0.25, 0.3) is 0 Å². The van der Waals surface area contributed by atoms with Crippen molar-refractivity contribution in [3.63, 3.8) is 0 Å². The van der Waals surface area contributed by atoms with Crippen LogP contribution in [-0.2, 0) is 11.2 Å². The third-order valence-corrected chi connectivity index (χ3v) is 2.74. The second kappa shape index (κ2) is 5.43. The molecule has 6 heteroatoms. The number of nitrogens with one attached hydrogen (secondary N) is 1. The van der Waals surface area contributed by atoms with Crippen molar-refractivity contribution in [1.82, 2.24) is 10.2 Å². The number of aromatic amines is 1. The maximum Gasteiger partial charge on any atom is 0.309 e. The van der Waals surface area contributed by atoms with E-state index in [1.54, 1.807) is 38.6 Å². The van der Waals surface area contributed by atoms with Crippen LogP contribution in [0.3, 0.4) is 0 Å². The quantitative estimate of drug-likeness (QED) is 0.857. The summed E-state index contributed by atoms with van der Waals surface area (Å²) in [6, 6.07) is 5.33. The molecule has 0 amide bonds. The maximum absolute atomic E-state index is 10.8. The van der Waals surface area contributed by atoms with E-state index < -0.39 is 5.97 Å². The first-order valence-corrected chi connectivity index (χ1v) is 5.62. The van der Waals surface area contributed by atoms with E-state index in [4.69, 9.17) is 14.6 Å². The number of aliphatic carboxylic acids is 1. The molecule has 19 heavy (non-hydrogen) atoms. The minimum Gasteiger partial charge on any atom is -0.497 e. The highest BCUT2D eigenvalue weighted by Crippen LogP contribution is 2.34. The first-order valence-electron chi connectivity index (χ1n) is 5.62. The van der Waals surface area contributed by atoms with Crippen molar-refractivity contribution in [1.29, 1.82) is 0 Å². The number of rotatable bonds is 5. The van der Waals surface area contributed by atoms with Crippen LogP contribution in [0.25, 0.3) is 11.1 Å². The molecule has 0 saturated carbocycles. The van der Waals surface area contributed by atoms with Gasteiger partial charge in [-0.15, -0.1) is 0 Å². The van der Waals surface area contributed by atoms with Gasteiger partial charge in [0.1, 0.15) is 11.5 Å². The molecular formula is C13H14N2O4. The van der Waals surface area contributed by atoms with Crippen LogP contribution >= 0.6 is 0 Å². The van der Waals surface area contributed by atoms with Crippen LogP contribution in [0, 0.1) is 0 Å². The summed E-state index contributed by atoms with van der Waals surface area (Å²) in [5.74, 6) is 0.375. The van der Waals surface area contributed by atoms with Gasteiger partial charge in [0.05, 0.1) is 32.5 Å². The standard InChI is InChI=1S/C13H14N2O4/c1-18-8-3-4-12(19-2)9(5-8)10-7-14-15-11(10)6-13(16)17/h3-5,7H,6H2,1-2H3,(H,14,15)(H,16,17). The molecule has 1 heterocycles. The number of H-pyrrole nitrogens is 1. The average molecular weight is 262 g/mol. The monoisotopic (exact) mass is 262 g/mol. The number of carboxylic acid groups (broad SMARTS) is 1. The lowest BCUT2D eigenvalue weighted by molar-refractivity contribution is -0.136. The van der Waals surface area contributed by atoms with E-state index >= 15 is 0 Å². The summed E-state index contributed by atoms with van der Waals surface area (Å²) in [4.78, 5) is 10.8. The second-order valence-corrected chi connectivity index (χ2v) is 3.90. The summed E-state index contributed by atoms with van der Waals surface area (Å²) in [7, 11) is 3.13. The van der Waals surface area contributed by atoms with Crippen LogP contribution in [0.4, 0.5) is 0 Å². The Kier molecular flexibility index (Phi) is 3.70. The van der Waals surface area contributed by atoms with E-state index in [-0.39, 0.29) is 6.42 Å². The molecule has 0 spiro atoms. The van der Waals surface area contributed by atoms with Gasteiger partial charge in [0.15, 0.2) is 0 Å². The van der Waals surface area contributed by atoms with Crippen molar-refractivity contribution in [2.24, 2.45) is 0 Å². The van der Waals surface area contributed by atoms with Crippen molar-refractivity contribution in [3.8, 4) is 22.6 Å². The summed E-state index contributed by atoms with van der Waals surface area (Å²) >= 11 is 0. The van der Waals surface area contributed by atoms with Gasteiger partial charge in [-0.05, 0) is 18.2 Å². The number of carbonyl (C=O) groups is 1. The van der Waals surface area contributed by atoms with E-state index in [2.05, 4.69) is 10.2 Å². The van der Waals surface area contributed by atoms with Crippen LogP contribution in [0.5, 0.6) is 11.5 Å². The highest BCUT2D eigenvalue weighted by Gasteiger charge is 2.15. The lowest BCUT2D eigenvalue weighted by Gasteiger charge is -2.10. The van der Waals surface area contributed by atoms with Gasteiger partial charge >= 0.3 is 5.97 Å². The van der Waals surface area contributed by atoms with Crippen LogP contribution in [0.2, 0.25) is 0 Å². The molecule has 0 aliphatic carbocycles. The molecule has 0 unspecified atom stereocenters. The zero-order valence-electron chi connectivity index (χ0n) is 10.6. The molecule has 100 valence electrons. The minimum atomic E-state index is -0.924. The van der Waals surface area contributed by atoms with E-state index in [1.807, 2.05) is 0 Å². The number of aromatic nitrogens is 2. The van der Waals surface area contributed by atoms with Crippen molar-refractivity contribution in [2.45, 2.75) is 6.42 Å².